The summed E-state index contributed by atoms with van der Waals surface area (Å²) in [7, 11) is 0. The smallest absolute Gasteiger partial charge is 0.0988 e. The summed E-state index contributed by atoms with van der Waals surface area (Å²) in [6.45, 7) is 6.88. The van der Waals surface area contributed by atoms with Crippen molar-refractivity contribution in [1.29, 1.82) is 0 Å². The molecule has 1 aliphatic rings. The monoisotopic (exact) mass is 217 g/mol. The molecular formula is C11H23NO3. The van der Waals surface area contributed by atoms with Gasteiger partial charge in [0.25, 0.3) is 0 Å². The summed E-state index contributed by atoms with van der Waals surface area (Å²) in [5.74, 6) is 0. The highest BCUT2D eigenvalue weighted by Gasteiger charge is 2.40. The molecule has 0 heterocycles. The SMILES string of the molecule is CCCOCCOC1CC(N)C1OCC. The largest absolute Gasteiger partial charge is 0.379 e. The van der Waals surface area contributed by atoms with Gasteiger partial charge in [-0.3, -0.25) is 0 Å². The van der Waals surface area contributed by atoms with Crippen LogP contribution in [0.4, 0.5) is 0 Å². The van der Waals surface area contributed by atoms with Crippen LogP contribution in [0.25, 0.3) is 0 Å². The second-order valence-electron chi connectivity index (χ2n) is 3.84. The van der Waals surface area contributed by atoms with E-state index in [0.717, 1.165) is 19.4 Å². The Morgan fingerprint density at radius 3 is 2.53 bits per heavy atom. The Labute approximate surface area is 92.1 Å². The van der Waals surface area contributed by atoms with Gasteiger partial charge in [-0.05, 0) is 19.8 Å². The molecule has 0 aromatic carbocycles. The van der Waals surface area contributed by atoms with Crippen LogP contribution < -0.4 is 5.73 Å². The molecule has 1 aliphatic carbocycles. The lowest BCUT2D eigenvalue weighted by Gasteiger charge is -2.41. The van der Waals surface area contributed by atoms with E-state index in [2.05, 4.69) is 6.92 Å². The number of hydrogen-bond acceptors (Lipinski definition) is 4. The minimum Gasteiger partial charge on any atom is -0.379 e. The first-order valence-corrected chi connectivity index (χ1v) is 5.86. The van der Waals surface area contributed by atoms with Crippen LogP contribution in [0, 0.1) is 0 Å². The van der Waals surface area contributed by atoms with Crippen LogP contribution in [-0.4, -0.2) is 44.7 Å². The molecule has 3 unspecified atom stereocenters. The van der Waals surface area contributed by atoms with Gasteiger partial charge in [-0.1, -0.05) is 6.92 Å². The van der Waals surface area contributed by atoms with Crippen LogP contribution in [0.15, 0.2) is 0 Å². The van der Waals surface area contributed by atoms with Gasteiger partial charge >= 0.3 is 0 Å². The molecule has 0 aromatic rings. The molecule has 90 valence electrons. The van der Waals surface area contributed by atoms with Crippen molar-refractivity contribution >= 4 is 0 Å². The van der Waals surface area contributed by atoms with E-state index in [1.807, 2.05) is 6.92 Å². The third-order valence-corrected chi connectivity index (χ3v) is 2.56. The minimum atomic E-state index is 0.0844. The number of rotatable bonds is 8. The fourth-order valence-electron chi connectivity index (χ4n) is 1.71. The molecule has 3 atom stereocenters. The first kappa shape index (κ1) is 12.9. The lowest BCUT2D eigenvalue weighted by molar-refractivity contribution is -0.143. The van der Waals surface area contributed by atoms with Crippen LogP contribution in [0.3, 0.4) is 0 Å². The van der Waals surface area contributed by atoms with Crippen molar-refractivity contribution in [3.8, 4) is 0 Å². The summed E-state index contributed by atoms with van der Waals surface area (Å²) in [6, 6.07) is 0.145. The van der Waals surface area contributed by atoms with Gasteiger partial charge < -0.3 is 19.9 Å². The first-order valence-electron chi connectivity index (χ1n) is 5.86. The Hall–Kier alpha value is -0.160. The molecule has 0 bridgehead atoms. The lowest BCUT2D eigenvalue weighted by atomic mass is 9.86. The molecule has 15 heavy (non-hydrogen) atoms. The molecule has 0 spiro atoms. The molecule has 0 radical (unpaired) electrons. The van der Waals surface area contributed by atoms with Crippen LogP contribution >= 0.6 is 0 Å². The van der Waals surface area contributed by atoms with Crippen molar-refractivity contribution in [2.45, 2.75) is 44.9 Å². The van der Waals surface area contributed by atoms with E-state index in [4.69, 9.17) is 19.9 Å². The number of ether oxygens (including phenoxy) is 3. The van der Waals surface area contributed by atoms with Crippen LogP contribution in [0.5, 0.6) is 0 Å². The zero-order valence-electron chi connectivity index (χ0n) is 9.78. The summed E-state index contributed by atoms with van der Waals surface area (Å²) in [6.07, 6.45) is 2.21. The van der Waals surface area contributed by atoms with Gasteiger partial charge in [0.1, 0.15) is 0 Å². The predicted octanol–water partition coefficient (Wildman–Crippen LogP) is 0.934. The Morgan fingerprint density at radius 1 is 1.13 bits per heavy atom. The fourth-order valence-corrected chi connectivity index (χ4v) is 1.71. The minimum absolute atomic E-state index is 0.0844. The molecule has 0 amide bonds. The predicted molar refractivity (Wildman–Crippen MR) is 58.9 cm³/mol. The third-order valence-electron chi connectivity index (χ3n) is 2.56. The fraction of sp³-hybridized carbons (Fsp3) is 1.00. The quantitative estimate of drug-likeness (QED) is 0.615. The molecule has 0 aliphatic heterocycles. The van der Waals surface area contributed by atoms with Crippen LogP contribution in [-0.2, 0) is 14.2 Å². The van der Waals surface area contributed by atoms with E-state index >= 15 is 0 Å². The van der Waals surface area contributed by atoms with Gasteiger partial charge in [0.2, 0.25) is 0 Å². The molecule has 4 heteroatoms. The maximum Gasteiger partial charge on any atom is 0.0988 e. The van der Waals surface area contributed by atoms with Crippen LogP contribution in [0.1, 0.15) is 26.7 Å². The van der Waals surface area contributed by atoms with Crippen molar-refractivity contribution in [1.82, 2.24) is 0 Å². The topological polar surface area (TPSA) is 53.7 Å². The van der Waals surface area contributed by atoms with E-state index in [9.17, 15) is 0 Å². The summed E-state index contributed by atoms with van der Waals surface area (Å²) >= 11 is 0. The maximum absolute atomic E-state index is 5.81. The maximum atomic E-state index is 5.81. The van der Waals surface area contributed by atoms with Crippen LogP contribution in [0.2, 0.25) is 0 Å². The zero-order chi connectivity index (χ0) is 11.1. The summed E-state index contributed by atoms with van der Waals surface area (Å²) in [5.41, 5.74) is 5.81. The standard InChI is InChI=1S/C11H23NO3/c1-3-5-13-6-7-15-10-8-9(12)11(10)14-4-2/h9-11H,3-8,12H2,1-2H3. The lowest BCUT2D eigenvalue weighted by Crippen LogP contribution is -2.58. The molecule has 4 nitrogen and oxygen atoms in total. The second-order valence-corrected chi connectivity index (χ2v) is 3.84. The van der Waals surface area contributed by atoms with Crippen molar-refractivity contribution < 1.29 is 14.2 Å². The van der Waals surface area contributed by atoms with Gasteiger partial charge in [-0.15, -0.1) is 0 Å². The average molecular weight is 217 g/mol. The van der Waals surface area contributed by atoms with E-state index in [-0.39, 0.29) is 18.2 Å². The third kappa shape index (κ3) is 4.07. The van der Waals surface area contributed by atoms with Gasteiger partial charge in [0.05, 0.1) is 25.4 Å². The highest BCUT2D eigenvalue weighted by atomic mass is 16.6. The molecule has 1 fully saturated rings. The zero-order valence-corrected chi connectivity index (χ0v) is 9.78. The van der Waals surface area contributed by atoms with Crippen molar-refractivity contribution in [2.24, 2.45) is 5.73 Å². The van der Waals surface area contributed by atoms with Crippen molar-refractivity contribution in [3.63, 3.8) is 0 Å². The second kappa shape index (κ2) is 7.17. The summed E-state index contributed by atoms with van der Waals surface area (Å²) in [4.78, 5) is 0. The van der Waals surface area contributed by atoms with E-state index in [0.29, 0.717) is 19.8 Å². The summed E-state index contributed by atoms with van der Waals surface area (Å²) in [5, 5.41) is 0. The van der Waals surface area contributed by atoms with E-state index in [1.165, 1.54) is 0 Å². The average Bonchev–Trinajstić information content (AvgIpc) is 2.24. The molecule has 0 saturated heterocycles. The van der Waals surface area contributed by atoms with Gasteiger partial charge in [0, 0.05) is 19.3 Å². The Balaban J connectivity index is 2.01. The molecule has 1 saturated carbocycles. The van der Waals surface area contributed by atoms with E-state index in [1.54, 1.807) is 0 Å². The molecule has 2 N–H and O–H groups in total. The van der Waals surface area contributed by atoms with Gasteiger partial charge in [-0.2, -0.15) is 0 Å². The van der Waals surface area contributed by atoms with Gasteiger partial charge in [0.15, 0.2) is 0 Å². The number of nitrogens with two attached hydrogens (primary N) is 1. The Kier molecular flexibility index (Phi) is 6.17. The van der Waals surface area contributed by atoms with Gasteiger partial charge in [-0.25, -0.2) is 0 Å². The normalized spacial score (nSPS) is 30.2. The van der Waals surface area contributed by atoms with Crippen molar-refractivity contribution in [2.75, 3.05) is 26.4 Å². The summed E-state index contributed by atoms with van der Waals surface area (Å²) < 4.78 is 16.4. The van der Waals surface area contributed by atoms with Crippen molar-refractivity contribution in [3.05, 3.63) is 0 Å². The molecule has 0 aromatic heterocycles. The molecule has 1 rings (SSSR count). The molecular weight excluding hydrogens is 194 g/mol. The van der Waals surface area contributed by atoms with E-state index < -0.39 is 0 Å². The Bertz CT molecular complexity index is 166. The highest BCUT2D eigenvalue weighted by molar-refractivity contribution is 4.95. The first-order chi connectivity index (χ1) is 7.29. The number of hydrogen-bond donors (Lipinski definition) is 1. The Morgan fingerprint density at radius 2 is 1.93 bits per heavy atom. The highest BCUT2D eigenvalue weighted by Crippen LogP contribution is 2.25.